The zero-order valence-corrected chi connectivity index (χ0v) is 15.6. The van der Waals surface area contributed by atoms with E-state index in [1.54, 1.807) is 25.4 Å². The van der Waals surface area contributed by atoms with E-state index in [1.807, 2.05) is 24.3 Å². The largest absolute Gasteiger partial charge is 0.497 e. The van der Waals surface area contributed by atoms with Crippen molar-refractivity contribution in [2.24, 2.45) is 0 Å². The van der Waals surface area contributed by atoms with Gasteiger partial charge in [0.25, 0.3) is 5.91 Å². The molecule has 0 fully saturated rings. The Hall–Kier alpha value is -3.68. The van der Waals surface area contributed by atoms with E-state index in [9.17, 15) is 13.6 Å². The first-order valence-electron chi connectivity index (χ1n) is 8.78. The lowest BCUT2D eigenvalue weighted by Gasteiger charge is -2.10. The number of rotatable bonds is 8. The maximum absolute atomic E-state index is 13.2. The fourth-order valence-corrected chi connectivity index (χ4v) is 2.43. The van der Waals surface area contributed by atoms with Gasteiger partial charge in [-0.2, -0.15) is 0 Å². The summed E-state index contributed by atoms with van der Waals surface area (Å²) < 4.78 is 36.9. The Morgan fingerprint density at radius 2 is 1.76 bits per heavy atom. The highest BCUT2D eigenvalue weighted by Gasteiger charge is 2.10. The molecule has 3 aromatic rings. The Bertz CT molecular complexity index is 964. The molecular weight excluding hydrogens is 380 g/mol. The highest BCUT2D eigenvalue weighted by Crippen LogP contribution is 2.17. The number of benzene rings is 2. The molecule has 150 valence electrons. The third kappa shape index (κ3) is 5.65. The lowest BCUT2D eigenvalue weighted by molar-refractivity contribution is 0.102. The van der Waals surface area contributed by atoms with Gasteiger partial charge in [-0.15, -0.1) is 0 Å². The molecule has 2 aromatic carbocycles. The number of carbonyl (C=O) groups is 1. The third-order valence-electron chi connectivity index (χ3n) is 3.95. The van der Waals surface area contributed by atoms with Crippen LogP contribution in [0.1, 0.15) is 10.4 Å². The number of amides is 1. The Labute approximate surface area is 166 Å². The van der Waals surface area contributed by atoms with Crippen molar-refractivity contribution in [2.45, 2.75) is 0 Å². The predicted molar refractivity (Wildman–Crippen MR) is 106 cm³/mol. The minimum absolute atomic E-state index is 0.00332. The lowest BCUT2D eigenvalue weighted by atomic mass is 10.2. The number of aromatic nitrogens is 1. The van der Waals surface area contributed by atoms with Crippen LogP contribution in [0.15, 0.2) is 60.8 Å². The SMILES string of the molecule is COc1ccc(OCCNc2ccc(NC(=O)c3ccc(F)c(F)c3)nc2)cc1. The zero-order chi connectivity index (χ0) is 20.6. The molecule has 0 bridgehead atoms. The van der Waals surface area contributed by atoms with Crippen molar-refractivity contribution in [3.05, 3.63) is 78.0 Å². The molecule has 0 aliphatic rings. The van der Waals surface area contributed by atoms with Crippen molar-refractivity contribution in [3.63, 3.8) is 0 Å². The molecule has 0 unspecified atom stereocenters. The first-order valence-corrected chi connectivity index (χ1v) is 8.78. The first-order chi connectivity index (χ1) is 14.0. The van der Waals surface area contributed by atoms with E-state index in [-0.39, 0.29) is 5.56 Å². The number of nitrogens with one attached hydrogen (secondary N) is 2. The second-order valence-electron chi connectivity index (χ2n) is 5.97. The number of nitrogens with zero attached hydrogens (tertiary/aromatic N) is 1. The molecular formula is C21H19F2N3O3. The van der Waals surface area contributed by atoms with E-state index >= 15 is 0 Å². The topological polar surface area (TPSA) is 72.5 Å². The van der Waals surface area contributed by atoms with Crippen LogP contribution >= 0.6 is 0 Å². The van der Waals surface area contributed by atoms with E-state index in [1.165, 1.54) is 6.07 Å². The molecule has 1 aromatic heterocycles. The summed E-state index contributed by atoms with van der Waals surface area (Å²) in [6.07, 6.45) is 1.55. The van der Waals surface area contributed by atoms with Gasteiger partial charge in [-0.05, 0) is 54.6 Å². The average Bonchev–Trinajstić information content (AvgIpc) is 2.74. The molecule has 2 N–H and O–H groups in total. The Kier molecular flexibility index (Phi) is 6.57. The van der Waals surface area contributed by atoms with Gasteiger partial charge in [-0.3, -0.25) is 4.79 Å². The summed E-state index contributed by atoms with van der Waals surface area (Å²) in [4.78, 5) is 16.2. The maximum atomic E-state index is 13.2. The first kappa shape index (κ1) is 20.1. The van der Waals surface area contributed by atoms with Crippen LogP contribution in [0, 0.1) is 11.6 Å². The van der Waals surface area contributed by atoms with Crippen LogP contribution in [-0.4, -0.2) is 31.2 Å². The van der Waals surface area contributed by atoms with Crippen LogP contribution in [-0.2, 0) is 0 Å². The second kappa shape index (κ2) is 9.50. The van der Waals surface area contributed by atoms with Crippen LogP contribution in [0.4, 0.5) is 20.3 Å². The lowest BCUT2D eigenvalue weighted by Crippen LogP contribution is -2.14. The number of ether oxygens (including phenoxy) is 2. The fourth-order valence-electron chi connectivity index (χ4n) is 2.43. The molecule has 29 heavy (non-hydrogen) atoms. The van der Waals surface area contributed by atoms with Crippen LogP contribution in [0.3, 0.4) is 0 Å². The summed E-state index contributed by atoms with van der Waals surface area (Å²) in [7, 11) is 1.60. The van der Waals surface area contributed by atoms with Crippen LogP contribution in [0.25, 0.3) is 0 Å². The molecule has 0 spiro atoms. The molecule has 0 radical (unpaired) electrons. The molecule has 0 aliphatic carbocycles. The van der Waals surface area contributed by atoms with Gasteiger partial charge in [0.05, 0.1) is 19.0 Å². The standard InChI is InChI=1S/C21H19F2N3O3/c1-28-16-4-6-17(7-5-16)29-11-10-24-15-3-9-20(25-13-15)26-21(27)14-2-8-18(22)19(23)12-14/h2-9,12-13,24H,10-11H2,1H3,(H,25,26,27). The summed E-state index contributed by atoms with van der Waals surface area (Å²) in [6.45, 7) is 0.995. The Balaban J connectivity index is 1.45. The van der Waals surface area contributed by atoms with Crippen LogP contribution < -0.4 is 20.1 Å². The van der Waals surface area contributed by atoms with Crippen molar-refractivity contribution < 1.29 is 23.0 Å². The van der Waals surface area contributed by atoms with Gasteiger partial charge in [0.2, 0.25) is 0 Å². The number of pyridine rings is 1. The molecule has 1 heterocycles. The van der Waals surface area contributed by atoms with Crippen molar-refractivity contribution in [1.82, 2.24) is 4.98 Å². The summed E-state index contributed by atoms with van der Waals surface area (Å²) >= 11 is 0. The molecule has 1 amide bonds. The van der Waals surface area contributed by atoms with Gasteiger partial charge >= 0.3 is 0 Å². The van der Waals surface area contributed by atoms with Gasteiger partial charge in [0, 0.05) is 12.1 Å². The summed E-state index contributed by atoms with van der Waals surface area (Å²) in [5.74, 6) is -0.878. The average molecular weight is 399 g/mol. The minimum Gasteiger partial charge on any atom is -0.497 e. The summed E-state index contributed by atoms with van der Waals surface area (Å²) in [6, 6.07) is 13.6. The van der Waals surface area contributed by atoms with Gasteiger partial charge in [-0.1, -0.05) is 0 Å². The number of anilines is 2. The Morgan fingerprint density at radius 3 is 2.41 bits per heavy atom. The molecule has 3 rings (SSSR count). The number of hydrogen-bond acceptors (Lipinski definition) is 5. The molecule has 8 heteroatoms. The minimum atomic E-state index is -1.08. The molecule has 6 nitrogen and oxygen atoms in total. The van der Waals surface area contributed by atoms with Crippen molar-refractivity contribution in [1.29, 1.82) is 0 Å². The van der Waals surface area contributed by atoms with E-state index in [4.69, 9.17) is 9.47 Å². The van der Waals surface area contributed by atoms with Gasteiger partial charge in [0.1, 0.15) is 23.9 Å². The number of hydrogen-bond donors (Lipinski definition) is 2. The Morgan fingerprint density at radius 1 is 1.00 bits per heavy atom. The summed E-state index contributed by atoms with van der Waals surface area (Å²) in [5.41, 5.74) is 0.748. The highest BCUT2D eigenvalue weighted by molar-refractivity contribution is 6.03. The van der Waals surface area contributed by atoms with Gasteiger partial charge < -0.3 is 20.1 Å². The smallest absolute Gasteiger partial charge is 0.256 e. The predicted octanol–water partition coefficient (Wildman–Crippen LogP) is 4.11. The number of halogens is 2. The van der Waals surface area contributed by atoms with E-state index < -0.39 is 17.5 Å². The molecule has 0 atom stereocenters. The molecule has 0 aliphatic heterocycles. The van der Waals surface area contributed by atoms with Crippen LogP contribution in [0.5, 0.6) is 11.5 Å². The van der Waals surface area contributed by atoms with Gasteiger partial charge in [-0.25, -0.2) is 13.8 Å². The monoisotopic (exact) mass is 399 g/mol. The van der Waals surface area contributed by atoms with Gasteiger partial charge in [0.15, 0.2) is 11.6 Å². The van der Waals surface area contributed by atoms with Crippen LogP contribution in [0.2, 0.25) is 0 Å². The quantitative estimate of drug-likeness (QED) is 0.558. The number of methoxy groups -OCH3 is 1. The molecule has 0 saturated heterocycles. The third-order valence-corrected chi connectivity index (χ3v) is 3.95. The van der Waals surface area contributed by atoms with Crippen molar-refractivity contribution in [2.75, 3.05) is 30.9 Å². The summed E-state index contributed by atoms with van der Waals surface area (Å²) in [5, 5.41) is 5.68. The van der Waals surface area contributed by atoms with Crippen molar-refractivity contribution >= 4 is 17.4 Å². The molecule has 0 saturated carbocycles. The van der Waals surface area contributed by atoms with E-state index in [0.29, 0.717) is 19.0 Å². The normalized spacial score (nSPS) is 10.3. The van der Waals surface area contributed by atoms with Crippen molar-refractivity contribution in [3.8, 4) is 11.5 Å². The fraction of sp³-hybridized carbons (Fsp3) is 0.143. The zero-order valence-electron chi connectivity index (χ0n) is 15.6. The maximum Gasteiger partial charge on any atom is 0.256 e. The number of carbonyl (C=O) groups excluding carboxylic acids is 1. The van der Waals surface area contributed by atoms with E-state index in [2.05, 4.69) is 15.6 Å². The second-order valence-corrected chi connectivity index (χ2v) is 5.97. The highest BCUT2D eigenvalue weighted by atomic mass is 19.2. The van der Waals surface area contributed by atoms with E-state index in [0.717, 1.165) is 29.3 Å².